The van der Waals surface area contributed by atoms with Crippen molar-refractivity contribution in [2.45, 2.75) is 10.1 Å². The zero-order valence-corrected chi connectivity index (χ0v) is 15.5. The zero-order valence-electron chi connectivity index (χ0n) is 13.1. The lowest BCUT2D eigenvalue weighted by Crippen LogP contribution is -2.51. The molecule has 0 aliphatic carbocycles. The predicted molar refractivity (Wildman–Crippen MR) is 93.9 cm³/mol. The molecule has 2 heterocycles. The van der Waals surface area contributed by atoms with Crippen molar-refractivity contribution in [1.82, 2.24) is 24.4 Å². The number of nitrogens with one attached hydrogen (secondary N) is 1. The predicted octanol–water partition coefficient (Wildman–Crippen LogP) is 1.08. The van der Waals surface area contributed by atoms with Crippen molar-refractivity contribution in [3.05, 3.63) is 35.6 Å². The number of benzene rings is 1. The number of thioether (sulfide) groups is 1. The Morgan fingerprint density at radius 1 is 1.24 bits per heavy atom. The summed E-state index contributed by atoms with van der Waals surface area (Å²) in [6.07, 6.45) is 1.38. The molecule has 134 valence electrons. The second-order valence-electron chi connectivity index (χ2n) is 5.29. The molecule has 1 saturated heterocycles. The fourth-order valence-electron chi connectivity index (χ4n) is 2.46. The van der Waals surface area contributed by atoms with E-state index in [-0.39, 0.29) is 34.7 Å². The summed E-state index contributed by atoms with van der Waals surface area (Å²) < 4.78 is 26.7. The van der Waals surface area contributed by atoms with Crippen LogP contribution in [0.3, 0.4) is 0 Å². The van der Waals surface area contributed by atoms with E-state index in [2.05, 4.69) is 15.2 Å². The molecule has 11 heteroatoms. The molecular formula is C14H16ClN5O3S2. The quantitative estimate of drug-likeness (QED) is 0.753. The molecule has 25 heavy (non-hydrogen) atoms. The highest BCUT2D eigenvalue weighted by molar-refractivity contribution is 7.99. The molecule has 1 fully saturated rings. The molecule has 8 nitrogen and oxygen atoms in total. The molecule has 1 aliphatic rings. The van der Waals surface area contributed by atoms with Crippen molar-refractivity contribution in [3.8, 4) is 0 Å². The lowest BCUT2D eigenvalue weighted by molar-refractivity contribution is -0.129. The third-order valence-electron chi connectivity index (χ3n) is 3.77. The van der Waals surface area contributed by atoms with Gasteiger partial charge in [-0.3, -0.25) is 9.89 Å². The standard InChI is InChI=1S/C14H16ClN5O3S2/c15-11-3-1-2-4-12(11)25(22,23)20-7-5-19(6-8-20)13(21)9-24-14-16-10-17-18-14/h1-4,10H,5-9H2,(H,16,17,18). The number of carbonyl (C=O) groups excluding carboxylic acids is 1. The van der Waals surface area contributed by atoms with E-state index in [4.69, 9.17) is 11.6 Å². The summed E-state index contributed by atoms with van der Waals surface area (Å²) in [5, 5.41) is 7.17. The average molecular weight is 402 g/mol. The van der Waals surface area contributed by atoms with Gasteiger partial charge in [0, 0.05) is 26.2 Å². The normalized spacial score (nSPS) is 16.1. The molecule has 0 unspecified atom stereocenters. The molecule has 0 saturated carbocycles. The van der Waals surface area contributed by atoms with E-state index < -0.39 is 10.0 Å². The minimum absolute atomic E-state index is 0.0591. The molecule has 1 N–H and O–H groups in total. The molecule has 1 aromatic heterocycles. The summed E-state index contributed by atoms with van der Waals surface area (Å²) >= 11 is 7.27. The maximum absolute atomic E-state index is 12.7. The first-order valence-electron chi connectivity index (χ1n) is 7.49. The Morgan fingerprint density at radius 2 is 1.96 bits per heavy atom. The Kier molecular flexibility index (Phi) is 5.62. The zero-order chi connectivity index (χ0) is 17.9. The highest BCUT2D eigenvalue weighted by Crippen LogP contribution is 2.25. The van der Waals surface area contributed by atoms with Crippen LogP contribution >= 0.6 is 23.4 Å². The van der Waals surface area contributed by atoms with E-state index >= 15 is 0 Å². The number of aromatic nitrogens is 3. The first-order valence-corrected chi connectivity index (χ1v) is 10.3. The number of amides is 1. The van der Waals surface area contributed by atoms with E-state index in [0.29, 0.717) is 18.2 Å². The number of hydrogen-bond donors (Lipinski definition) is 1. The summed E-state index contributed by atoms with van der Waals surface area (Å²) in [4.78, 5) is 17.9. The van der Waals surface area contributed by atoms with Gasteiger partial charge in [0.15, 0.2) is 5.16 Å². The summed E-state index contributed by atoms with van der Waals surface area (Å²) in [7, 11) is -3.65. The maximum atomic E-state index is 12.7. The monoisotopic (exact) mass is 401 g/mol. The van der Waals surface area contributed by atoms with Crippen molar-refractivity contribution in [2.75, 3.05) is 31.9 Å². The topological polar surface area (TPSA) is 99.3 Å². The Morgan fingerprint density at radius 3 is 2.60 bits per heavy atom. The summed E-state index contributed by atoms with van der Waals surface area (Å²) in [6.45, 7) is 1.18. The highest BCUT2D eigenvalue weighted by atomic mass is 35.5. The number of carbonyl (C=O) groups is 1. The van der Waals surface area contributed by atoms with Gasteiger partial charge in [0.05, 0.1) is 10.8 Å². The number of piperazine rings is 1. The Labute approximate surface area is 154 Å². The largest absolute Gasteiger partial charge is 0.339 e. The number of rotatable bonds is 5. The van der Waals surface area contributed by atoms with E-state index in [1.54, 1.807) is 23.1 Å². The number of halogens is 1. The number of aromatic amines is 1. The first kappa shape index (κ1) is 18.2. The molecule has 1 aliphatic heterocycles. The molecular weight excluding hydrogens is 386 g/mol. The smallest absolute Gasteiger partial charge is 0.244 e. The van der Waals surface area contributed by atoms with Crippen LogP contribution in [-0.2, 0) is 14.8 Å². The molecule has 0 radical (unpaired) electrons. The molecule has 1 amide bonds. The van der Waals surface area contributed by atoms with E-state index in [1.807, 2.05) is 0 Å². The van der Waals surface area contributed by atoms with Gasteiger partial charge in [-0.1, -0.05) is 35.5 Å². The molecule has 2 aromatic rings. The Balaban J connectivity index is 1.58. The fraction of sp³-hybridized carbons (Fsp3) is 0.357. The molecule has 0 atom stereocenters. The van der Waals surface area contributed by atoms with Crippen LogP contribution in [-0.4, -0.2) is 70.6 Å². The minimum Gasteiger partial charge on any atom is -0.339 e. The lowest BCUT2D eigenvalue weighted by Gasteiger charge is -2.34. The van der Waals surface area contributed by atoms with Crippen molar-refractivity contribution in [1.29, 1.82) is 0 Å². The Bertz CT molecular complexity index is 836. The van der Waals surface area contributed by atoms with Crippen LogP contribution in [0.2, 0.25) is 5.02 Å². The van der Waals surface area contributed by atoms with Crippen molar-refractivity contribution in [2.24, 2.45) is 0 Å². The van der Waals surface area contributed by atoms with Gasteiger partial charge in [-0.25, -0.2) is 13.4 Å². The van der Waals surface area contributed by atoms with Crippen molar-refractivity contribution in [3.63, 3.8) is 0 Å². The van der Waals surface area contributed by atoms with E-state index in [1.165, 1.54) is 28.5 Å². The van der Waals surface area contributed by atoms with Crippen LogP contribution < -0.4 is 0 Å². The summed E-state index contributed by atoms with van der Waals surface area (Å²) in [6, 6.07) is 6.36. The number of H-pyrrole nitrogens is 1. The van der Waals surface area contributed by atoms with Crippen LogP contribution in [0.1, 0.15) is 0 Å². The third-order valence-corrected chi connectivity index (χ3v) is 7.03. The van der Waals surface area contributed by atoms with Crippen LogP contribution in [0.4, 0.5) is 0 Å². The van der Waals surface area contributed by atoms with Crippen molar-refractivity contribution < 1.29 is 13.2 Å². The van der Waals surface area contributed by atoms with Gasteiger partial charge in [0.1, 0.15) is 11.2 Å². The molecule has 0 spiro atoms. The highest BCUT2D eigenvalue weighted by Gasteiger charge is 2.31. The summed E-state index contributed by atoms with van der Waals surface area (Å²) in [5.41, 5.74) is 0. The van der Waals surface area contributed by atoms with Crippen molar-refractivity contribution >= 4 is 39.3 Å². The van der Waals surface area contributed by atoms with Gasteiger partial charge in [-0.15, -0.1) is 0 Å². The van der Waals surface area contributed by atoms with Gasteiger partial charge in [0.25, 0.3) is 0 Å². The van der Waals surface area contributed by atoms with Gasteiger partial charge in [-0.05, 0) is 12.1 Å². The van der Waals surface area contributed by atoms with Crippen LogP contribution in [0, 0.1) is 0 Å². The average Bonchev–Trinajstić information content (AvgIpc) is 3.13. The fourth-order valence-corrected chi connectivity index (χ4v) is 5.05. The summed E-state index contributed by atoms with van der Waals surface area (Å²) in [5.74, 6) is 0.170. The SMILES string of the molecule is O=C(CSc1ncn[nH]1)N1CCN(S(=O)(=O)c2ccccc2Cl)CC1. The van der Waals surface area contributed by atoms with Gasteiger partial charge in [0.2, 0.25) is 15.9 Å². The van der Waals surface area contributed by atoms with Crippen LogP contribution in [0.5, 0.6) is 0 Å². The number of sulfonamides is 1. The third kappa shape index (κ3) is 4.14. The number of nitrogens with zero attached hydrogens (tertiary/aromatic N) is 4. The maximum Gasteiger partial charge on any atom is 0.244 e. The molecule has 1 aromatic carbocycles. The number of hydrogen-bond acceptors (Lipinski definition) is 6. The van der Waals surface area contributed by atoms with Gasteiger partial charge < -0.3 is 4.90 Å². The molecule has 0 bridgehead atoms. The van der Waals surface area contributed by atoms with Gasteiger partial charge in [-0.2, -0.15) is 9.40 Å². The second-order valence-corrected chi connectivity index (χ2v) is 8.57. The van der Waals surface area contributed by atoms with Crippen LogP contribution in [0.15, 0.2) is 40.6 Å². The Hall–Kier alpha value is -1.62. The lowest BCUT2D eigenvalue weighted by atomic mass is 10.3. The molecule has 3 rings (SSSR count). The second kappa shape index (κ2) is 7.73. The first-order chi connectivity index (χ1) is 12.0. The van der Waals surface area contributed by atoms with Gasteiger partial charge >= 0.3 is 0 Å². The minimum atomic E-state index is -3.65. The van der Waals surface area contributed by atoms with E-state index in [0.717, 1.165) is 0 Å². The van der Waals surface area contributed by atoms with Crippen LogP contribution in [0.25, 0.3) is 0 Å². The van der Waals surface area contributed by atoms with E-state index in [9.17, 15) is 13.2 Å².